The molecule has 1 aromatic heterocycles. The Morgan fingerprint density at radius 3 is 2.24 bits per heavy atom. The highest BCUT2D eigenvalue weighted by Gasteiger charge is 2.34. The minimum atomic E-state index is -3.31. The molecule has 1 aliphatic carbocycles. The van der Waals surface area contributed by atoms with Crippen molar-refractivity contribution in [2.24, 2.45) is 0 Å². The van der Waals surface area contributed by atoms with E-state index >= 15 is 0 Å². The Bertz CT molecular complexity index is 1480. The van der Waals surface area contributed by atoms with E-state index in [0.29, 0.717) is 35.0 Å². The van der Waals surface area contributed by atoms with Crippen molar-refractivity contribution in [2.75, 3.05) is 30.1 Å². The lowest BCUT2D eigenvalue weighted by Gasteiger charge is -2.31. The molecule has 1 N–H and O–H groups in total. The average Bonchev–Trinajstić information content (AvgIpc) is 3.61. The highest BCUT2D eigenvalue weighted by molar-refractivity contribution is 7.90. The maximum atomic E-state index is 13.6. The summed E-state index contributed by atoms with van der Waals surface area (Å²) in [6, 6.07) is 15.6. The predicted octanol–water partition coefficient (Wildman–Crippen LogP) is 2.64. The molecule has 5 rings (SSSR count). The number of para-hydroxylation sites is 1. The number of nitrogens with one attached hydrogen (secondary N) is 1. The van der Waals surface area contributed by atoms with E-state index in [9.17, 15) is 18.0 Å². The number of likely N-dealkylation sites (N-methyl/N-ethyl adjacent to an activating group) is 1. The van der Waals surface area contributed by atoms with Crippen LogP contribution in [0.4, 0.5) is 11.5 Å². The summed E-state index contributed by atoms with van der Waals surface area (Å²) in [5.41, 5.74) is 1.71. The van der Waals surface area contributed by atoms with Gasteiger partial charge in [0.1, 0.15) is 11.4 Å². The molecule has 1 aliphatic heterocycles. The van der Waals surface area contributed by atoms with E-state index in [4.69, 9.17) is 0 Å². The summed E-state index contributed by atoms with van der Waals surface area (Å²) in [4.78, 5) is 29.2. The van der Waals surface area contributed by atoms with Crippen LogP contribution in [0.1, 0.15) is 24.4 Å². The fourth-order valence-corrected chi connectivity index (χ4v) is 4.78. The van der Waals surface area contributed by atoms with E-state index in [1.165, 1.54) is 16.7 Å². The highest BCUT2D eigenvalue weighted by atomic mass is 32.2. The summed E-state index contributed by atoms with van der Waals surface area (Å²) < 4.78 is 26.5. The Balaban J connectivity index is 1.68. The van der Waals surface area contributed by atoms with Crippen molar-refractivity contribution in [3.05, 3.63) is 87.1 Å². The summed E-state index contributed by atoms with van der Waals surface area (Å²) in [5, 5.41) is 3.27. The van der Waals surface area contributed by atoms with E-state index in [1.54, 1.807) is 16.7 Å². The van der Waals surface area contributed by atoms with Gasteiger partial charge in [-0.3, -0.25) is 9.36 Å². The molecule has 1 saturated carbocycles. The Morgan fingerprint density at radius 2 is 1.64 bits per heavy atom. The summed E-state index contributed by atoms with van der Waals surface area (Å²) in [5.74, 6) is 0.533. The molecular weight excluding hydrogens is 440 g/mol. The lowest BCUT2D eigenvalue weighted by atomic mass is 10.1. The van der Waals surface area contributed by atoms with Gasteiger partial charge in [0.05, 0.1) is 16.3 Å². The molecule has 0 bridgehead atoms. The maximum absolute atomic E-state index is 13.6. The number of rotatable bonds is 5. The molecule has 3 aromatic rings. The van der Waals surface area contributed by atoms with E-state index in [1.807, 2.05) is 48.4 Å². The van der Waals surface area contributed by atoms with E-state index in [-0.39, 0.29) is 22.2 Å². The topological polar surface area (TPSA) is 93.4 Å². The van der Waals surface area contributed by atoms with Crippen LogP contribution in [-0.4, -0.2) is 37.4 Å². The Morgan fingerprint density at radius 1 is 0.970 bits per heavy atom. The molecule has 9 heteroatoms. The second-order valence-corrected chi connectivity index (χ2v) is 10.5. The van der Waals surface area contributed by atoms with Crippen LogP contribution in [0.3, 0.4) is 0 Å². The van der Waals surface area contributed by atoms with Crippen LogP contribution in [0.15, 0.2) is 75.2 Å². The van der Waals surface area contributed by atoms with Gasteiger partial charge in [-0.25, -0.2) is 17.8 Å². The lowest BCUT2D eigenvalue weighted by Crippen LogP contribution is -2.45. The fraction of sp³-hybridized carbons (Fsp3) is 0.250. The van der Waals surface area contributed by atoms with Gasteiger partial charge < -0.3 is 10.2 Å². The van der Waals surface area contributed by atoms with Crippen molar-refractivity contribution in [3.63, 3.8) is 0 Å². The monoisotopic (exact) mass is 464 g/mol. The van der Waals surface area contributed by atoms with Gasteiger partial charge in [0.2, 0.25) is 0 Å². The molecule has 0 atom stereocenters. The zero-order valence-electron chi connectivity index (χ0n) is 18.4. The summed E-state index contributed by atoms with van der Waals surface area (Å²) in [7, 11) is -1.45. The van der Waals surface area contributed by atoms with Crippen LogP contribution in [0.25, 0.3) is 11.4 Å². The van der Waals surface area contributed by atoms with E-state index in [0.717, 1.165) is 19.1 Å². The Hall–Kier alpha value is -3.59. The minimum Gasteiger partial charge on any atom is -0.356 e. The zero-order valence-corrected chi connectivity index (χ0v) is 19.2. The normalized spacial score (nSPS) is 15.7. The Kier molecular flexibility index (Phi) is 5.01. The summed E-state index contributed by atoms with van der Waals surface area (Å²) in [6.45, 7) is 0.496. The van der Waals surface area contributed by atoms with Gasteiger partial charge in [0.25, 0.3) is 5.56 Å². The second-order valence-electron chi connectivity index (χ2n) is 8.48. The molecule has 170 valence electrons. The average molecular weight is 465 g/mol. The summed E-state index contributed by atoms with van der Waals surface area (Å²) >= 11 is 0. The number of hydrogen-bond donors (Lipinski definition) is 1. The SMILES string of the molecule is CN1CC=C(Nc2ccc(S(C)(=O)=O)cc2)c2c1n(-c1ccccc1)c(=O)n(C1CC1)c2=O. The first-order chi connectivity index (χ1) is 15.8. The van der Waals surface area contributed by atoms with Gasteiger partial charge in [-0.2, -0.15) is 0 Å². The number of hydrogen-bond acceptors (Lipinski definition) is 6. The third kappa shape index (κ3) is 3.78. The van der Waals surface area contributed by atoms with Gasteiger partial charge in [-0.15, -0.1) is 0 Å². The van der Waals surface area contributed by atoms with Crippen molar-refractivity contribution >= 4 is 27.0 Å². The van der Waals surface area contributed by atoms with Gasteiger partial charge in [0.15, 0.2) is 9.84 Å². The van der Waals surface area contributed by atoms with Gasteiger partial charge in [-0.1, -0.05) is 18.2 Å². The van der Waals surface area contributed by atoms with Gasteiger partial charge >= 0.3 is 5.69 Å². The minimum absolute atomic E-state index is 0.0900. The second kappa shape index (κ2) is 7.77. The number of sulfone groups is 1. The van der Waals surface area contributed by atoms with Crippen LogP contribution in [0, 0.1) is 0 Å². The molecule has 2 heterocycles. The summed E-state index contributed by atoms with van der Waals surface area (Å²) in [6.07, 6.45) is 4.68. The van der Waals surface area contributed by atoms with Crippen LogP contribution < -0.4 is 21.5 Å². The largest absolute Gasteiger partial charge is 0.356 e. The zero-order chi connectivity index (χ0) is 23.3. The molecule has 2 aromatic carbocycles. The highest BCUT2D eigenvalue weighted by Crippen LogP contribution is 2.35. The van der Waals surface area contributed by atoms with Crippen molar-refractivity contribution in [3.8, 4) is 5.69 Å². The molecule has 0 amide bonds. The van der Waals surface area contributed by atoms with Crippen LogP contribution in [0.5, 0.6) is 0 Å². The lowest BCUT2D eigenvalue weighted by molar-refractivity contribution is 0.602. The predicted molar refractivity (Wildman–Crippen MR) is 129 cm³/mol. The van der Waals surface area contributed by atoms with Crippen molar-refractivity contribution in [2.45, 2.75) is 23.8 Å². The van der Waals surface area contributed by atoms with Crippen LogP contribution in [-0.2, 0) is 9.84 Å². The van der Waals surface area contributed by atoms with E-state index < -0.39 is 9.84 Å². The quantitative estimate of drug-likeness (QED) is 0.624. The molecule has 0 unspecified atom stereocenters. The van der Waals surface area contributed by atoms with Gasteiger partial charge in [-0.05, 0) is 55.3 Å². The number of aromatic nitrogens is 2. The molecule has 1 fully saturated rings. The molecule has 2 aliphatic rings. The molecule has 33 heavy (non-hydrogen) atoms. The van der Waals surface area contributed by atoms with Crippen molar-refractivity contribution in [1.82, 2.24) is 9.13 Å². The van der Waals surface area contributed by atoms with Crippen molar-refractivity contribution in [1.29, 1.82) is 0 Å². The molecule has 0 saturated heterocycles. The smallest absolute Gasteiger partial charge is 0.337 e. The first-order valence-electron chi connectivity index (χ1n) is 10.7. The first kappa shape index (κ1) is 21.3. The Labute approximate surface area is 191 Å². The standard InChI is InChI=1S/C24H24N4O4S/c1-26-15-14-20(25-16-8-12-19(13-9-16)33(2,31)32)21-22(26)27(17-6-4-3-5-7-17)24(30)28(23(21)29)18-10-11-18/h3-9,12-14,18,25H,10-11,15H2,1-2H3. The maximum Gasteiger partial charge on any atom is 0.337 e. The molecule has 8 nitrogen and oxygen atoms in total. The fourth-order valence-electron chi connectivity index (χ4n) is 4.15. The number of fused-ring (bicyclic) bond motifs is 1. The molecule has 0 spiro atoms. The number of benzene rings is 2. The number of anilines is 2. The number of nitrogens with zero attached hydrogens (tertiary/aromatic N) is 3. The van der Waals surface area contributed by atoms with Gasteiger partial charge in [0, 0.05) is 31.6 Å². The molecule has 0 radical (unpaired) electrons. The van der Waals surface area contributed by atoms with E-state index in [2.05, 4.69) is 5.32 Å². The first-order valence-corrected chi connectivity index (χ1v) is 12.6. The third-order valence-electron chi connectivity index (χ3n) is 5.95. The van der Waals surface area contributed by atoms with Crippen molar-refractivity contribution < 1.29 is 8.42 Å². The molecular formula is C24H24N4O4S. The van der Waals surface area contributed by atoms with Crippen LogP contribution in [0.2, 0.25) is 0 Å². The van der Waals surface area contributed by atoms with Crippen LogP contribution >= 0.6 is 0 Å². The third-order valence-corrected chi connectivity index (χ3v) is 7.08.